The van der Waals surface area contributed by atoms with Crippen LogP contribution in [-0.4, -0.2) is 56.5 Å². The van der Waals surface area contributed by atoms with E-state index in [0.717, 1.165) is 49.2 Å². The number of imidazole rings is 1. The average molecular weight is 463 g/mol. The fraction of sp³-hybridized carbons (Fsp3) is 0.481. The topological polar surface area (TPSA) is 90.6 Å². The zero-order chi connectivity index (χ0) is 24.0. The van der Waals surface area contributed by atoms with Crippen LogP contribution in [0.15, 0.2) is 36.4 Å². The molecule has 3 atom stereocenters. The van der Waals surface area contributed by atoms with Crippen LogP contribution in [0.3, 0.4) is 0 Å². The lowest BCUT2D eigenvalue weighted by molar-refractivity contribution is 0.0218. The van der Waals surface area contributed by atoms with Gasteiger partial charge in [0.1, 0.15) is 5.82 Å². The quantitative estimate of drug-likeness (QED) is 0.516. The molecule has 1 aromatic heterocycles. The molecule has 0 spiro atoms. The first kappa shape index (κ1) is 22.9. The largest absolute Gasteiger partial charge is 0.465 e. The van der Waals surface area contributed by atoms with Crippen molar-refractivity contribution in [3.8, 4) is 0 Å². The lowest BCUT2D eigenvalue weighted by Gasteiger charge is -2.38. The van der Waals surface area contributed by atoms with Crippen molar-refractivity contribution in [2.75, 3.05) is 25.0 Å². The number of aryl methyl sites for hydroxylation is 1. The second-order valence-corrected chi connectivity index (χ2v) is 10.4. The van der Waals surface area contributed by atoms with Gasteiger partial charge in [0.05, 0.1) is 23.2 Å². The average Bonchev–Trinajstić information content (AvgIpc) is 3.33. The molecular weight excluding hydrogens is 428 g/mol. The number of nitrogens with zero attached hydrogens (tertiary/aromatic N) is 3. The highest BCUT2D eigenvalue weighted by atomic mass is 16.4. The Kier molecular flexibility index (Phi) is 6.08. The van der Waals surface area contributed by atoms with E-state index in [2.05, 4.69) is 53.8 Å². The third kappa shape index (κ3) is 4.42. The van der Waals surface area contributed by atoms with Gasteiger partial charge < -0.3 is 19.7 Å². The van der Waals surface area contributed by atoms with Crippen molar-refractivity contribution >= 4 is 22.8 Å². The van der Waals surface area contributed by atoms with Gasteiger partial charge in [-0.2, -0.15) is 0 Å². The standard InChI is InChI=1S/C27H34N4O3/c1-16(2)26-29-22-10-17(3)4-7-23(22)31(26)24-8-9-30(15-25(24)32)14-18-11-19-5-6-21(28-27(33)34)13-20(19)12-18/h4-7,10,13,16,18,24-25,28,32H,8-9,11-12,14-15H2,1-3H3,(H,33,34)/t18-,24-,25-/m1/s1. The maximum absolute atomic E-state index is 11.2. The Bertz CT molecular complexity index is 1220. The van der Waals surface area contributed by atoms with Gasteiger partial charge in [-0.25, -0.2) is 9.78 Å². The maximum Gasteiger partial charge on any atom is 0.409 e. The molecule has 180 valence electrons. The minimum atomic E-state index is -1.03. The Hall–Kier alpha value is -2.90. The summed E-state index contributed by atoms with van der Waals surface area (Å²) < 4.78 is 2.30. The number of hydrogen-bond acceptors (Lipinski definition) is 4. The van der Waals surface area contributed by atoms with Crippen LogP contribution in [0.4, 0.5) is 10.5 Å². The molecule has 1 saturated heterocycles. The second-order valence-electron chi connectivity index (χ2n) is 10.4. The summed E-state index contributed by atoms with van der Waals surface area (Å²) >= 11 is 0. The number of piperidine rings is 1. The van der Waals surface area contributed by atoms with Gasteiger partial charge in [-0.1, -0.05) is 26.0 Å². The fourth-order valence-electron chi connectivity index (χ4n) is 5.84. The van der Waals surface area contributed by atoms with Crippen LogP contribution in [0, 0.1) is 12.8 Å². The third-order valence-corrected chi connectivity index (χ3v) is 7.34. The Morgan fingerprint density at radius 3 is 2.71 bits per heavy atom. The molecule has 3 N–H and O–H groups in total. The number of amides is 1. The van der Waals surface area contributed by atoms with Gasteiger partial charge in [0.15, 0.2) is 0 Å². The van der Waals surface area contributed by atoms with E-state index in [4.69, 9.17) is 10.1 Å². The molecule has 0 radical (unpaired) electrons. The van der Waals surface area contributed by atoms with Crippen LogP contribution in [-0.2, 0) is 12.8 Å². The van der Waals surface area contributed by atoms with Gasteiger partial charge in [0.25, 0.3) is 0 Å². The number of aliphatic hydroxyl groups excluding tert-OH is 1. The number of hydrogen-bond donors (Lipinski definition) is 3. The highest BCUT2D eigenvalue weighted by Crippen LogP contribution is 2.34. The molecule has 3 aromatic rings. The van der Waals surface area contributed by atoms with Crippen LogP contribution in [0.2, 0.25) is 0 Å². The first-order valence-electron chi connectivity index (χ1n) is 12.3. The summed E-state index contributed by atoms with van der Waals surface area (Å²) in [5.41, 5.74) is 6.49. The number of benzene rings is 2. The number of nitrogens with one attached hydrogen (secondary N) is 1. The van der Waals surface area contributed by atoms with Crippen molar-refractivity contribution in [2.45, 2.75) is 58.1 Å². The summed E-state index contributed by atoms with van der Waals surface area (Å²) in [6.45, 7) is 8.98. The van der Waals surface area contributed by atoms with Crippen LogP contribution < -0.4 is 5.32 Å². The molecule has 1 aliphatic heterocycles. The Morgan fingerprint density at radius 2 is 1.97 bits per heavy atom. The highest BCUT2D eigenvalue weighted by molar-refractivity contribution is 5.83. The van der Waals surface area contributed by atoms with Crippen LogP contribution >= 0.6 is 0 Å². The smallest absolute Gasteiger partial charge is 0.409 e. The van der Waals surface area contributed by atoms with Gasteiger partial charge in [-0.15, -0.1) is 0 Å². The van der Waals surface area contributed by atoms with E-state index in [-0.39, 0.29) is 12.0 Å². The molecule has 1 amide bonds. The molecule has 2 aromatic carbocycles. The molecule has 5 rings (SSSR count). The van der Waals surface area contributed by atoms with Gasteiger partial charge >= 0.3 is 6.09 Å². The first-order chi connectivity index (χ1) is 16.3. The van der Waals surface area contributed by atoms with E-state index in [9.17, 15) is 9.90 Å². The number of carboxylic acid groups (broad SMARTS) is 1. The van der Waals surface area contributed by atoms with E-state index in [1.54, 1.807) is 0 Å². The van der Waals surface area contributed by atoms with E-state index in [1.165, 1.54) is 16.7 Å². The number of anilines is 1. The monoisotopic (exact) mass is 462 g/mol. The van der Waals surface area contributed by atoms with E-state index >= 15 is 0 Å². The zero-order valence-corrected chi connectivity index (χ0v) is 20.2. The van der Waals surface area contributed by atoms with Gasteiger partial charge in [0.2, 0.25) is 0 Å². The van der Waals surface area contributed by atoms with Gasteiger partial charge in [-0.05, 0) is 73.1 Å². The Balaban J connectivity index is 1.27. The number of fused-ring (bicyclic) bond motifs is 2. The predicted molar refractivity (Wildman–Crippen MR) is 134 cm³/mol. The van der Waals surface area contributed by atoms with E-state index in [0.29, 0.717) is 18.2 Å². The van der Waals surface area contributed by atoms with Gasteiger partial charge in [0, 0.05) is 31.2 Å². The number of carbonyl (C=O) groups is 1. The van der Waals surface area contributed by atoms with Crippen molar-refractivity contribution in [3.63, 3.8) is 0 Å². The summed E-state index contributed by atoms with van der Waals surface area (Å²) in [6.07, 6.45) is 1.37. The molecular formula is C27H34N4O3. The van der Waals surface area contributed by atoms with Crippen LogP contribution in [0.5, 0.6) is 0 Å². The molecule has 1 aliphatic carbocycles. The van der Waals surface area contributed by atoms with Crippen molar-refractivity contribution in [1.82, 2.24) is 14.5 Å². The minimum Gasteiger partial charge on any atom is -0.465 e. The normalized spacial score (nSPS) is 22.9. The zero-order valence-electron chi connectivity index (χ0n) is 20.2. The van der Waals surface area contributed by atoms with E-state index in [1.807, 2.05) is 18.2 Å². The molecule has 2 aliphatic rings. The maximum atomic E-state index is 11.2. The predicted octanol–water partition coefficient (Wildman–Crippen LogP) is 4.58. The summed E-state index contributed by atoms with van der Waals surface area (Å²) in [7, 11) is 0. The van der Waals surface area contributed by atoms with Crippen molar-refractivity contribution < 1.29 is 15.0 Å². The fourth-order valence-corrected chi connectivity index (χ4v) is 5.84. The molecule has 0 bridgehead atoms. The number of β-amino-alcohol motifs (C(OH)–C–C–N with tert-alkyl or cyclic N) is 1. The Labute approximate surface area is 200 Å². The summed E-state index contributed by atoms with van der Waals surface area (Å²) in [6, 6.07) is 12.3. The summed E-state index contributed by atoms with van der Waals surface area (Å²) in [5.74, 6) is 1.83. The molecule has 0 saturated carbocycles. The van der Waals surface area contributed by atoms with Crippen molar-refractivity contribution in [1.29, 1.82) is 0 Å². The Morgan fingerprint density at radius 1 is 1.18 bits per heavy atom. The third-order valence-electron chi connectivity index (χ3n) is 7.34. The second kappa shape index (κ2) is 9.04. The van der Waals surface area contributed by atoms with Crippen LogP contribution in [0.1, 0.15) is 54.7 Å². The summed E-state index contributed by atoms with van der Waals surface area (Å²) in [5, 5.41) is 22.7. The molecule has 7 heteroatoms. The molecule has 0 unspecified atom stereocenters. The first-order valence-corrected chi connectivity index (χ1v) is 12.3. The SMILES string of the molecule is Cc1ccc2c(c1)nc(C(C)C)n2[C@@H]1CCN(C[C@@H]2Cc3ccc(NC(=O)O)cc3C2)C[C@H]1O. The molecule has 34 heavy (non-hydrogen) atoms. The molecule has 2 heterocycles. The number of likely N-dealkylation sites (tertiary alicyclic amines) is 1. The molecule has 1 fully saturated rings. The molecule has 7 nitrogen and oxygen atoms in total. The number of aromatic nitrogens is 2. The van der Waals surface area contributed by atoms with Crippen molar-refractivity contribution in [3.05, 3.63) is 58.9 Å². The van der Waals surface area contributed by atoms with E-state index < -0.39 is 12.2 Å². The lowest BCUT2D eigenvalue weighted by atomic mass is 9.98. The minimum absolute atomic E-state index is 0.0341. The number of aliphatic hydroxyl groups is 1. The highest BCUT2D eigenvalue weighted by Gasteiger charge is 2.34. The lowest BCUT2D eigenvalue weighted by Crippen LogP contribution is -2.46. The van der Waals surface area contributed by atoms with Crippen molar-refractivity contribution in [2.24, 2.45) is 5.92 Å². The number of rotatable bonds is 5. The van der Waals surface area contributed by atoms with Gasteiger partial charge in [-0.3, -0.25) is 5.32 Å². The van der Waals surface area contributed by atoms with Crippen LogP contribution in [0.25, 0.3) is 11.0 Å². The summed E-state index contributed by atoms with van der Waals surface area (Å²) in [4.78, 5) is 18.3.